The quantitative estimate of drug-likeness (QED) is 0.705. The fourth-order valence-electron chi connectivity index (χ4n) is 1.13. The van der Waals surface area contributed by atoms with E-state index in [-0.39, 0.29) is 0 Å². The van der Waals surface area contributed by atoms with Crippen molar-refractivity contribution >= 4 is 22.2 Å². The fraction of sp³-hybridized carbons (Fsp3) is 0.429. The van der Waals surface area contributed by atoms with Gasteiger partial charge in [0, 0.05) is 6.04 Å². The second-order valence-corrected chi connectivity index (χ2v) is 3.47. The molecule has 1 fully saturated rings. The lowest BCUT2D eigenvalue weighted by Gasteiger charge is -2.01. The largest absolute Gasteiger partial charge is 0.313 e. The summed E-state index contributed by atoms with van der Waals surface area (Å²) in [6, 6.07) is 0.507. The van der Waals surface area contributed by atoms with Gasteiger partial charge in [0.2, 0.25) is 0 Å². The van der Waals surface area contributed by atoms with Gasteiger partial charge in [0.05, 0.1) is 6.20 Å². The molecule has 1 aliphatic carbocycles. The van der Waals surface area contributed by atoms with Gasteiger partial charge >= 0.3 is 0 Å². The fourth-order valence-corrected chi connectivity index (χ4v) is 1.71. The van der Waals surface area contributed by atoms with Gasteiger partial charge in [0.25, 0.3) is 0 Å². The predicted octanol–water partition coefficient (Wildman–Crippen LogP) is 1.79. The zero-order valence-electron chi connectivity index (χ0n) is 5.83. The molecule has 4 heteroatoms. The van der Waals surface area contributed by atoms with Crippen LogP contribution in [0.15, 0.2) is 10.8 Å². The molecule has 1 heterocycles. The zero-order valence-corrected chi connectivity index (χ0v) is 7.41. The standard InChI is InChI=1S/C7H7BrN2O/c8-6-3-9-7(4-11)10(6)5-1-2-5/h3-5H,1-2H2. The first-order chi connectivity index (χ1) is 5.33. The summed E-state index contributed by atoms with van der Waals surface area (Å²) in [6.07, 6.45) is 4.79. The molecule has 0 aliphatic heterocycles. The highest BCUT2D eigenvalue weighted by molar-refractivity contribution is 9.10. The molecule has 0 saturated heterocycles. The SMILES string of the molecule is O=Cc1ncc(Br)n1C1CC1. The lowest BCUT2D eigenvalue weighted by Crippen LogP contribution is -1.99. The third kappa shape index (κ3) is 1.11. The molecule has 1 aromatic heterocycles. The molecule has 0 amide bonds. The minimum atomic E-state index is 0.507. The normalized spacial score (nSPS) is 16.8. The highest BCUT2D eigenvalue weighted by Crippen LogP contribution is 2.37. The van der Waals surface area contributed by atoms with Crippen molar-refractivity contribution < 1.29 is 4.79 Å². The van der Waals surface area contributed by atoms with Gasteiger partial charge in [-0.2, -0.15) is 0 Å². The maximum atomic E-state index is 10.5. The monoisotopic (exact) mass is 214 g/mol. The number of aromatic nitrogens is 2. The molecule has 2 rings (SSSR count). The lowest BCUT2D eigenvalue weighted by atomic mass is 10.6. The van der Waals surface area contributed by atoms with E-state index in [1.807, 2.05) is 4.57 Å². The Bertz CT molecular complexity index is 291. The van der Waals surface area contributed by atoms with Gasteiger partial charge in [-0.05, 0) is 28.8 Å². The van der Waals surface area contributed by atoms with Crippen LogP contribution in [0.4, 0.5) is 0 Å². The van der Waals surface area contributed by atoms with Crippen LogP contribution in [-0.4, -0.2) is 15.8 Å². The maximum Gasteiger partial charge on any atom is 0.185 e. The number of hydrogen-bond acceptors (Lipinski definition) is 2. The van der Waals surface area contributed by atoms with Gasteiger partial charge in [-0.15, -0.1) is 0 Å². The molecule has 0 atom stereocenters. The molecular formula is C7H7BrN2O. The molecule has 11 heavy (non-hydrogen) atoms. The Labute approximate surface area is 72.6 Å². The third-order valence-electron chi connectivity index (χ3n) is 1.80. The Balaban J connectivity index is 2.46. The van der Waals surface area contributed by atoms with Crippen LogP contribution in [0.25, 0.3) is 0 Å². The summed E-state index contributed by atoms with van der Waals surface area (Å²) in [6.45, 7) is 0. The van der Waals surface area contributed by atoms with Crippen molar-refractivity contribution in [1.82, 2.24) is 9.55 Å². The number of imidazole rings is 1. The van der Waals surface area contributed by atoms with Crippen molar-refractivity contribution in [1.29, 1.82) is 0 Å². The highest BCUT2D eigenvalue weighted by Gasteiger charge is 2.27. The van der Waals surface area contributed by atoms with Crippen LogP contribution in [0.1, 0.15) is 29.5 Å². The molecule has 0 unspecified atom stereocenters. The van der Waals surface area contributed by atoms with Crippen molar-refractivity contribution in [3.05, 3.63) is 16.6 Å². The Kier molecular flexibility index (Phi) is 1.56. The molecule has 0 bridgehead atoms. The Hall–Kier alpha value is -0.640. The van der Waals surface area contributed by atoms with Crippen molar-refractivity contribution in [2.24, 2.45) is 0 Å². The van der Waals surface area contributed by atoms with E-state index in [9.17, 15) is 4.79 Å². The maximum absolute atomic E-state index is 10.5. The number of hydrogen-bond donors (Lipinski definition) is 0. The van der Waals surface area contributed by atoms with E-state index in [1.54, 1.807) is 6.20 Å². The van der Waals surface area contributed by atoms with Crippen LogP contribution in [0, 0.1) is 0 Å². The van der Waals surface area contributed by atoms with Crippen LogP contribution >= 0.6 is 15.9 Å². The first kappa shape index (κ1) is 7.03. The number of nitrogens with zero attached hydrogens (tertiary/aromatic N) is 2. The van der Waals surface area contributed by atoms with Crippen molar-refractivity contribution in [3.8, 4) is 0 Å². The summed E-state index contributed by atoms with van der Waals surface area (Å²) >= 11 is 3.34. The van der Waals surface area contributed by atoms with E-state index in [0.29, 0.717) is 11.9 Å². The summed E-state index contributed by atoms with van der Waals surface area (Å²) in [5.41, 5.74) is 0. The molecule has 1 aliphatic rings. The van der Waals surface area contributed by atoms with Crippen molar-refractivity contribution in [3.63, 3.8) is 0 Å². The van der Waals surface area contributed by atoms with E-state index in [1.165, 1.54) is 0 Å². The van der Waals surface area contributed by atoms with Gasteiger partial charge < -0.3 is 4.57 Å². The Morgan fingerprint density at radius 2 is 2.45 bits per heavy atom. The second kappa shape index (κ2) is 2.44. The number of aldehydes is 1. The van der Waals surface area contributed by atoms with Gasteiger partial charge in [-0.25, -0.2) is 4.98 Å². The molecule has 0 N–H and O–H groups in total. The molecule has 1 saturated carbocycles. The minimum absolute atomic E-state index is 0.507. The zero-order chi connectivity index (χ0) is 7.84. The average Bonchev–Trinajstić information content (AvgIpc) is 2.76. The second-order valence-electron chi connectivity index (χ2n) is 2.66. The molecule has 3 nitrogen and oxygen atoms in total. The number of rotatable bonds is 2. The number of carbonyl (C=O) groups excluding carboxylic acids is 1. The van der Waals surface area contributed by atoms with Crippen molar-refractivity contribution in [2.75, 3.05) is 0 Å². The summed E-state index contributed by atoms with van der Waals surface area (Å²) < 4.78 is 2.84. The van der Waals surface area contributed by atoms with Crippen LogP contribution in [-0.2, 0) is 0 Å². The number of halogens is 1. The van der Waals surface area contributed by atoms with Gasteiger partial charge in [0.1, 0.15) is 4.60 Å². The number of carbonyl (C=O) groups is 1. The van der Waals surface area contributed by atoms with Crippen LogP contribution in [0.3, 0.4) is 0 Å². The summed E-state index contributed by atoms with van der Waals surface area (Å²) in [4.78, 5) is 14.4. The topological polar surface area (TPSA) is 34.9 Å². The van der Waals surface area contributed by atoms with E-state index in [2.05, 4.69) is 20.9 Å². The Morgan fingerprint density at radius 1 is 1.73 bits per heavy atom. The first-order valence-electron chi connectivity index (χ1n) is 3.51. The van der Waals surface area contributed by atoms with Crippen LogP contribution in [0.5, 0.6) is 0 Å². The van der Waals surface area contributed by atoms with Gasteiger partial charge in [0.15, 0.2) is 12.1 Å². The molecule has 0 aromatic carbocycles. The minimum Gasteiger partial charge on any atom is -0.313 e. The van der Waals surface area contributed by atoms with Gasteiger partial charge in [-0.1, -0.05) is 0 Å². The molecule has 0 spiro atoms. The summed E-state index contributed by atoms with van der Waals surface area (Å²) in [5, 5.41) is 0. The van der Waals surface area contributed by atoms with E-state index < -0.39 is 0 Å². The third-order valence-corrected chi connectivity index (χ3v) is 2.38. The molecule has 0 radical (unpaired) electrons. The molecule has 1 aromatic rings. The summed E-state index contributed by atoms with van der Waals surface area (Å²) in [7, 11) is 0. The molecule has 58 valence electrons. The highest BCUT2D eigenvalue weighted by atomic mass is 79.9. The van der Waals surface area contributed by atoms with Gasteiger partial charge in [-0.3, -0.25) is 4.79 Å². The average molecular weight is 215 g/mol. The van der Waals surface area contributed by atoms with E-state index >= 15 is 0 Å². The van der Waals surface area contributed by atoms with Crippen LogP contribution in [0.2, 0.25) is 0 Å². The summed E-state index contributed by atoms with van der Waals surface area (Å²) in [5.74, 6) is 0.527. The smallest absolute Gasteiger partial charge is 0.185 e. The van der Waals surface area contributed by atoms with E-state index in [0.717, 1.165) is 23.7 Å². The van der Waals surface area contributed by atoms with E-state index in [4.69, 9.17) is 0 Å². The van der Waals surface area contributed by atoms with Crippen molar-refractivity contribution in [2.45, 2.75) is 18.9 Å². The Morgan fingerprint density at radius 3 is 3.00 bits per heavy atom. The molecular weight excluding hydrogens is 208 g/mol. The predicted molar refractivity (Wildman–Crippen MR) is 43.6 cm³/mol. The van der Waals surface area contributed by atoms with Crippen LogP contribution < -0.4 is 0 Å². The first-order valence-corrected chi connectivity index (χ1v) is 4.30. The lowest BCUT2D eigenvalue weighted by molar-refractivity contribution is 0.111.